The molecule has 0 aromatic heterocycles. The molecular weight excluding hydrogens is 882 g/mol. The summed E-state index contributed by atoms with van der Waals surface area (Å²) < 4.78 is 3.34. The van der Waals surface area contributed by atoms with Gasteiger partial charge in [0.1, 0.15) is 0 Å². The van der Waals surface area contributed by atoms with E-state index in [-0.39, 0.29) is 46.5 Å². The predicted molar refractivity (Wildman–Crippen MR) is 260 cm³/mol. The molecule has 1 saturated carbocycles. The summed E-state index contributed by atoms with van der Waals surface area (Å²) >= 11 is 12.3. The summed E-state index contributed by atoms with van der Waals surface area (Å²) in [6, 6.07) is 29.2. The Hall–Kier alpha value is -1.86. The van der Waals surface area contributed by atoms with Crippen molar-refractivity contribution in [1.29, 1.82) is 0 Å². The maximum absolute atomic E-state index is 5.52. The van der Waals surface area contributed by atoms with Gasteiger partial charge in [0.2, 0.25) is 0 Å². The fraction of sp³-hybridized carbons (Fsp3) is 0.444. The zero-order valence-corrected chi connectivity index (χ0v) is 43.3. The minimum atomic E-state index is 0. The van der Waals surface area contributed by atoms with Crippen LogP contribution in [0.15, 0.2) is 119 Å². The third-order valence-electron chi connectivity index (χ3n) is 14.4. The third-order valence-corrected chi connectivity index (χ3v) is 15.0. The summed E-state index contributed by atoms with van der Waals surface area (Å²) in [7, 11) is 0. The van der Waals surface area contributed by atoms with Crippen molar-refractivity contribution in [2.45, 2.75) is 115 Å². The van der Waals surface area contributed by atoms with Crippen LogP contribution in [-0.4, -0.2) is 4.21 Å². The summed E-state index contributed by atoms with van der Waals surface area (Å²) in [4.78, 5) is 0. The van der Waals surface area contributed by atoms with E-state index in [2.05, 4.69) is 154 Å². The Morgan fingerprint density at radius 2 is 1.37 bits per heavy atom. The van der Waals surface area contributed by atoms with Crippen molar-refractivity contribution in [2.24, 2.45) is 38.9 Å². The molecule has 5 aliphatic rings. The van der Waals surface area contributed by atoms with Crippen molar-refractivity contribution in [3.63, 3.8) is 0 Å². The third kappa shape index (κ3) is 10.9. The molecule has 0 saturated heterocycles. The second-order valence-corrected chi connectivity index (χ2v) is 19.6. The molecule has 8 rings (SSSR count). The van der Waals surface area contributed by atoms with Gasteiger partial charge in [-0.1, -0.05) is 175 Å². The summed E-state index contributed by atoms with van der Waals surface area (Å²) in [5.74, 6) is 2.83. The maximum atomic E-state index is 5.52. The predicted octanol–water partition coefficient (Wildman–Crippen LogP) is 16.8. The molecule has 0 N–H and O–H groups in total. The summed E-state index contributed by atoms with van der Waals surface area (Å²) in [6.07, 6.45) is 18.9. The first-order chi connectivity index (χ1) is 26.8. The van der Waals surface area contributed by atoms with Crippen molar-refractivity contribution in [3.8, 4) is 0 Å². The average molecular weight is 950 g/mol. The number of hydrogen-bond donors (Lipinski definition) is 0. The first kappa shape index (κ1) is 53.3. The van der Waals surface area contributed by atoms with Crippen LogP contribution in [0.3, 0.4) is 0 Å². The van der Waals surface area contributed by atoms with Crippen molar-refractivity contribution in [2.75, 3.05) is 0 Å². The molecule has 0 amide bonds. The molecule has 0 spiro atoms. The van der Waals surface area contributed by atoms with E-state index in [0.717, 1.165) is 16.5 Å². The van der Waals surface area contributed by atoms with Crippen LogP contribution in [0, 0.1) is 63.0 Å². The molecule has 59 heavy (non-hydrogen) atoms. The van der Waals surface area contributed by atoms with E-state index in [9.17, 15) is 0 Å². The van der Waals surface area contributed by atoms with Gasteiger partial charge in [0.05, 0.1) is 0 Å². The molecule has 0 nitrogen and oxygen atoms in total. The first-order valence-corrected chi connectivity index (χ1v) is 23.3. The zero-order chi connectivity index (χ0) is 42.4. The van der Waals surface area contributed by atoms with E-state index in [1.807, 2.05) is 0 Å². The van der Waals surface area contributed by atoms with E-state index in [1.165, 1.54) is 66.6 Å². The van der Waals surface area contributed by atoms with Crippen LogP contribution in [0.1, 0.15) is 120 Å². The minimum absolute atomic E-state index is 0. The molecule has 3 aromatic rings. The van der Waals surface area contributed by atoms with Crippen LogP contribution < -0.4 is 0 Å². The molecule has 320 valence electrons. The van der Waals surface area contributed by atoms with Gasteiger partial charge in [0.15, 0.2) is 0 Å². The van der Waals surface area contributed by atoms with E-state index in [1.54, 1.807) is 76.7 Å². The standard InChI is InChI=1S/C29H37.C12H19.2C6H4Cl.CH2.2ClH.Zr/c1-18-25-22-17-19-13-9-10-14-20(19)24(22)21-15-11-12-16-23(21)29(25,8)28(6,7)27(4,5)26(18,2)3;1-5-6-10-7-8-11(9-10)12(2,3)4;2*7-6-4-2-1-3-5-6;;;;/h9-11,13-15,23H,12,16-17H2,1-8H3;8-10H,5-6H2,1-4H3;2*2-5H;1H2;2*1H;/q4*-1;;;;. The quantitative estimate of drug-likeness (QED) is 0.225. The number of allylic oxidation sites excluding steroid dienone is 10. The van der Waals surface area contributed by atoms with Gasteiger partial charge >= 0.3 is 28.4 Å². The van der Waals surface area contributed by atoms with Gasteiger partial charge in [-0.05, 0) is 40.6 Å². The van der Waals surface area contributed by atoms with Crippen LogP contribution >= 0.6 is 48.0 Å². The number of halogens is 4. The molecule has 3 atom stereocenters. The molecular formula is C54H68Cl4Zr-4. The van der Waals surface area contributed by atoms with Crippen LogP contribution in [0.25, 0.3) is 5.57 Å². The van der Waals surface area contributed by atoms with E-state index in [4.69, 9.17) is 23.2 Å². The molecule has 0 bridgehead atoms. The fourth-order valence-corrected chi connectivity index (χ4v) is 10.0. The van der Waals surface area contributed by atoms with E-state index >= 15 is 0 Å². The van der Waals surface area contributed by atoms with E-state index in [0.29, 0.717) is 17.3 Å². The normalized spacial score (nSPS) is 23.1. The Morgan fingerprint density at radius 3 is 1.85 bits per heavy atom. The van der Waals surface area contributed by atoms with Gasteiger partial charge < -0.3 is 0 Å². The van der Waals surface area contributed by atoms with Crippen molar-refractivity contribution in [3.05, 3.63) is 165 Å². The van der Waals surface area contributed by atoms with Gasteiger partial charge in [-0.25, -0.2) is 12.0 Å². The fourth-order valence-electron chi connectivity index (χ4n) is 9.76. The van der Waals surface area contributed by atoms with E-state index < -0.39 is 0 Å². The number of benzene rings is 3. The Kier molecular flexibility index (Phi) is 19.8. The molecule has 3 aromatic carbocycles. The van der Waals surface area contributed by atoms with Gasteiger partial charge in [0.25, 0.3) is 0 Å². The number of fused-ring (bicyclic) bond motifs is 6. The average Bonchev–Trinajstić information content (AvgIpc) is 3.82. The van der Waals surface area contributed by atoms with Crippen molar-refractivity contribution >= 4 is 57.8 Å². The molecule has 0 aliphatic heterocycles. The van der Waals surface area contributed by atoms with Crippen molar-refractivity contribution in [1.82, 2.24) is 0 Å². The summed E-state index contributed by atoms with van der Waals surface area (Å²) in [5.41, 5.74) is 12.0. The molecule has 5 heteroatoms. The zero-order valence-electron chi connectivity index (χ0n) is 37.7. The van der Waals surface area contributed by atoms with Gasteiger partial charge in [0, 0.05) is 0 Å². The Balaban J connectivity index is 0.000000328. The van der Waals surface area contributed by atoms with Crippen molar-refractivity contribution < 1.29 is 24.2 Å². The van der Waals surface area contributed by atoms with Gasteiger partial charge in [-0.15, -0.1) is 54.9 Å². The second-order valence-electron chi connectivity index (χ2n) is 18.8. The summed E-state index contributed by atoms with van der Waals surface area (Å²) in [5, 5.41) is 1.53. The van der Waals surface area contributed by atoms with Gasteiger partial charge in [-0.3, -0.25) is 6.08 Å². The molecule has 1 fully saturated rings. The monoisotopic (exact) mass is 946 g/mol. The summed E-state index contributed by atoms with van der Waals surface area (Å²) in [6.45, 7) is 29.3. The molecule has 0 heterocycles. The van der Waals surface area contributed by atoms with Crippen LogP contribution in [0.2, 0.25) is 10.0 Å². The van der Waals surface area contributed by atoms with Crippen LogP contribution in [0.4, 0.5) is 0 Å². The van der Waals surface area contributed by atoms with Crippen LogP contribution in [0.5, 0.6) is 0 Å². The van der Waals surface area contributed by atoms with Gasteiger partial charge in [-0.2, -0.15) is 83.5 Å². The topological polar surface area (TPSA) is 0 Å². The second kappa shape index (κ2) is 22.0. The number of rotatable bonds is 2. The first-order valence-electron chi connectivity index (χ1n) is 20.8. The Bertz CT molecular complexity index is 1940. The molecule has 5 aliphatic carbocycles. The SMILES string of the molecule is CCCC1[C-]=CC(C(C)(C)C)=C1.C[C-]1C2=C3Cc4ccccc4C3=C3C=CCCC3C2(C)C(C)(C)C(C)(C)C1(C)C.Cl.Cl.Clc1cc[c-]cc1.Clc1cc[c-]cc1.[CH2]=[Zr]. The molecule has 3 unspecified atom stereocenters. The number of hydrogen-bond acceptors (Lipinski definition) is 0. The van der Waals surface area contributed by atoms with Crippen LogP contribution in [-0.2, 0) is 30.7 Å². The molecule has 0 radical (unpaired) electrons. The Labute approximate surface area is 397 Å². The Morgan fingerprint density at radius 1 is 0.831 bits per heavy atom.